The number of carbonyl (C=O) groups excluding carboxylic acids is 2. The molecule has 0 radical (unpaired) electrons. The van der Waals surface area contributed by atoms with E-state index in [0.717, 1.165) is 5.56 Å². The molecule has 166 valence electrons. The molecule has 2 aromatic carbocycles. The zero-order valence-corrected chi connectivity index (χ0v) is 19.3. The van der Waals surface area contributed by atoms with Gasteiger partial charge in [-0.05, 0) is 74.1 Å². The highest BCUT2D eigenvalue weighted by molar-refractivity contribution is 7.91. The zero-order chi connectivity index (χ0) is 23.3. The molecule has 2 heterocycles. The lowest BCUT2D eigenvalue weighted by molar-refractivity contribution is -0.121. The highest BCUT2D eigenvalue weighted by Crippen LogP contribution is 2.46. The first-order valence-corrected chi connectivity index (χ1v) is 12.5. The zero-order valence-electron chi connectivity index (χ0n) is 18.5. The van der Waals surface area contributed by atoms with Crippen molar-refractivity contribution in [1.29, 1.82) is 5.26 Å². The molecule has 0 atom stereocenters. The number of nitrogens with zero attached hydrogens (tertiary/aromatic N) is 2. The fourth-order valence-corrected chi connectivity index (χ4v) is 6.39. The Morgan fingerprint density at radius 1 is 1.09 bits per heavy atom. The summed E-state index contributed by atoms with van der Waals surface area (Å²) in [6.45, 7) is 5.65. The molecule has 0 unspecified atom stereocenters. The predicted molar refractivity (Wildman–Crippen MR) is 123 cm³/mol. The van der Waals surface area contributed by atoms with Gasteiger partial charge in [0.25, 0.3) is 0 Å². The van der Waals surface area contributed by atoms with Crippen molar-refractivity contribution in [3.05, 3.63) is 59.2 Å². The number of amides is 1. The Hall–Kier alpha value is -2.98. The minimum absolute atomic E-state index is 0.0391. The molecular formula is C25H26N2O4S. The summed E-state index contributed by atoms with van der Waals surface area (Å²) in [5, 5.41) is 9.23. The lowest BCUT2D eigenvalue weighted by Gasteiger charge is -2.32. The number of ketones is 1. The Morgan fingerprint density at radius 2 is 1.78 bits per heavy atom. The van der Waals surface area contributed by atoms with Gasteiger partial charge in [0.1, 0.15) is 9.84 Å². The largest absolute Gasteiger partial charge is 0.294 e. The molecule has 1 amide bonds. The molecule has 1 saturated heterocycles. The maximum Gasteiger partial charge on any atom is 0.241 e. The van der Waals surface area contributed by atoms with Gasteiger partial charge in [0, 0.05) is 12.0 Å². The van der Waals surface area contributed by atoms with Crippen LogP contribution in [0.3, 0.4) is 0 Å². The van der Waals surface area contributed by atoms with E-state index in [0.29, 0.717) is 35.3 Å². The normalized spacial score (nSPS) is 20.4. The van der Waals surface area contributed by atoms with Gasteiger partial charge in [-0.15, -0.1) is 0 Å². The van der Waals surface area contributed by atoms with E-state index in [9.17, 15) is 23.3 Å². The number of benzene rings is 2. The van der Waals surface area contributed by atoms with Crippen LogP contribution in [-0.4, -0.2) is 31.6 Å². The number of rotatable bonds is 4. The van der Waals surface area contributed by atoms with E-state index in [4.69, 9.17) is 0 Å². The van der Waals surface area contributed by atoms with Gasteiger partial charge in [0.05, 0.1) is 39.9 Å². The predicted octanol–water partition coefficient (Wildman–Crippen LogP) is 4.30. The lowest BCUT2D eigenvalue weighted by atomic mass is 9.78. The van der Waals surface area contributed by atoms with Gasteiger partial charge in [-0.3, -0.25) is 14.5 Å². The van der Waals surface area contributed by atoms with Crippen LogP contribution in [-0.2, 0) is 20.0 Å². The Bertz CT molecular complexity index is 1260. The van der Waals surface area contributed by atoms with Crippen molar-refractivity contribution in [3.63, 3.8) is 0 Å². The molecule has 1 fully saturated rings. The van der Waals surface area contributed by atoms with E-state index in [2.05, 4.69) is 6.07 Å². The van der Waals surface area contributed by atoms with Crippen LogP contribution in [0.4, 0.5) is 11.4 Å². The number of Topliss-reactive ketones (excluding diaryl/α,β-unsaturated/α-hetero) is 1. The first kappa shape index (κ1) is 22.2. The summed E-state index contributed by atoms with van der Waals surface area (Å²) in [6.07, 6.45) is 1.25. The van der Waals surface area contributed by atoms with Crippen molar-refractivity contribution in [2.75, 3.05) is 16.4 Å². The van der Waals surface area contributed by atoms with Crippen LogP contribution in [0.2, 0.25) is 0 Å². The number of nitriles is 1. The summed E-state index contributed by atoms with van der Waals surface area (Å²) < 4.78 is 23.5. The van der Waals surface area contributed by atoms with E-state index in [1.807, 2.05) is 20.8 Å². The number of fused-ring (bicyclic) bond motifs is 1. The van der Waals surface area contributed by atoms with Crippen molar-refractivity contribution in [3.8, 4) is 6.07 Å². The molecule has 0 aliphatic carbocycles. The second-order valence-corrected chi connectivity index (χ2v) is 12.0. The van der Waals surface area contributed by atoms with E-state index in [-0.39, 0.29) is 35.0 Å². The summed E-state index contributed by atoms with van der Waals surface area (Å²) in [4.78, 5) is 28.0. The lowest BCUT2D eigenvalue weighted by Crippen LogP contribution is -2.33. The monoisotopic (exact) mass is 450 g/mol. The molecule has 6 nitrogen and oxygen atoms in total. The van der Waals surface area contributed by atoms with Gasteiger partial charge in [-0.2, -0.15) is 5.26 Å². The average molecular weight is 451 g/mol. The van der Waals surface area contributed by atoms with Crippen molar-refractivity contribution < 1.29 is 18.0 Å². The Morgan fingerprint density at radius 3 is 2.44 bits per heavy atom. The third-order valence-electron chi connectivity index (χ3n) is 6.82. The van der Waals surface area contributed by atoms with Gasteiger partial charge >= 0.3 is 0 Å². The van der Waals surface area contributed by atoms with Crippen LogP contribution in [0.5, 0.6) is 0 Å². The molecule has 0 aromatic heterocycles. The highest BCUT2D eigenvalue weighted by atomic mass is 32.2. The van der Waals surface area contributed by atoms with Crippen LogP contribution in [0, 0.1) is 16.7 Å². The van der Waals surface area contributed by atoms with Crippen LogP contribution in [0.25, 0.3) is 0 Å². The molecule has 0 bridgehead atoms. The fraction of sp³-hybridized carbons (Fsp3) is 0.400. The molecule has 2 aliphatic rings. The maximum absolute atomic E-state index is 13.3. The fourth-order valence-electron chi connectivity index (χ4n) is 4.58. The van der Waals surface area contributed by atoms with Crippen LogP contribution < -0.4 is 4.90 Å². The third kappa shape index (κ3) is 3.84. The van der Waals surface area contributed by atoms with E-state index in [1.54, 1.807) is 47.4 Å². The van der Waals surface area contributed by atoms with Gasteiger partial charge in [-0.1, -0.05) is 13.0 Å². The third-order valence-corrected chi connectivity index (χ3v) is 8.48. The number of sulfone groups is 1. The number of hydrogen-bond donors (Lipinski definition) is 0. The molecule has 4 rings (SSSR count). The smallest absolute Gasteiger partial charge is 0.241 e. The van der Waals surface area contributed by atoms with Crippen molar-refractivity contribution in [2.24, 2.45) is 5.41 Å². The molecule has 0 saturated carbocycles. The summed E-state index contributed by atoms with van der Waals surface area (Å²) in [6, 6.07) is 14.3. The summed E-state index contributed by atoms with van der Waals surface area (Å²) in [5.74, 6) is 0.0951. The minimum Gasteiger partial charge on any atom is -0.294 e. The van der Waals surface area contributed by atoms with Crippen LogP contribution in [0.15, 0.2) is 42.5 Å². The molecule has 2 aliphatic heterocycles. The summed E-state index contributed by atoms with van der Waals surface area (Å²) in [5.41, 5.74) is 1.95. The first-order valence-electron chi connectivity index (χ1n) is 10.7. The summed E-state index contributed by atoms with van der Waals surface area (Å²) >= 11 is 0. The van der Waals surface area contributed by atoms with E-state index in [1.165, 1.54) is 0 Å². The molecule has 0 N–H and O–H groups in total. The topological polar surface area (TPSA) is 95.3 Å². The molecular weight excluding hydrogens is 424 g/mol. The average Bonchev–Trinajstić information content (AvgIpc) is 2.96. The van der Waals surface area contributed by atoms with Crippen molar-refractivity contribution in [1.82, 2.24) is 0 Å². The Balaban J connectivity index is 1.65. The van der Waals surface area contributed by atoms with E-state index < -0.39 is 15.3 Å². The SMILES string of the molecule is CC1(CC(=O)c2ccc3c(c2)C(C)(C)C(=O)N3c2cccc(C#N)c2)CCS(=O)(=O)CC1. The number of hydrogen-bond acceptors (Lipinski definition) is 5. The Kier molecular flexibility index (Phi) is 5.25. The van der Waals surface area contributed by atoms with Gasteiger partial charge in [0.15, 0.2) is 5.78 Å². The minimum atomic E-state index is -3.00. The standard InChI is InChI=1S/C25H26N2O4S/c1-24(2)20-14-18(22(28)15-25(3)9-11-32(30,31)12-10-25)7-8-21(20)27(23(24)29)19-6-4-5-17(13-19)16-26/h4-8,13-14H,9-12,15H2,1-3H3. The van der Waals surface area contributed by atoms with Crippen LogP contribution >= 0.6 is 0 Å². The van der Waals surface area contributed by atoms with Crippen molar-refractivity contribution >= 4 is 32.9 Å². The molecule has 7 heteroatoms. The second-order valence-electron chi connectivity index (χ2n) is 9.72. The Labute approximate surface area is 188 Å². The number of carbonyl (C=O) groups is 2. The highest BCUT2D eigenvalue weighted by Gasteiger charge is 2.45. The molecule has 0 spiro atoms. The number of anilines is 2. The molecule has 2 aromatic rings. The molecule has 32 heavy (non-hydrogen) atoms. The van der Waals surface area contributed by atoms with Gasteiger partial charge in [-0.25, -0.2) is 8.42 Å². The first-order chi connectivity index (χ1) is 15.0. The maximum atomic E-state index is 13.3. The van der Waals surface area contributed by atoms with Crippen LogP contribution in [0.1, 0.15) is 61.5 Å². The second kappa shape index (κ2) is 7.56. The summed E-state index contributed by atoms with van der Waals surface area (Å²) in [7, 11) is -3.00. The van der Waals surface area contributed by atoms with Crippen molar-refractivity contribution in [2.45, 2.75) is 45.4 Å². The van der Waals surface area contributed by atoms with Gasteiger partial charge in [0.2, 0.25) is 5.91 Å². The van der Waals surface area contributed by atoms with Gasteiger partial charge < -0.3 is 0 Å². The quantitative estimate of drug-likeness (QED) is 0.647. The van der Waals surface area contributed by atoms with E-state index >= 15 is 0 Å².